The van der Waals surface area contributed by atoms with Gasteiger partial charge in [0.05, 0.1) is 20.4 Å². The van der Waals surface area contributed by atoms with Crippen LogP contribution >= 0.6 is 7.92 Å². The van der Waals surface area contributed by atoms with E-state index in [9.17, 15) is 0 Å². The van der Waals surface area contributed by atoms with Crippen molar-refractivity contribution in [1.29, 1.82) is 0 Å². The Morgan fingerprint density at radius 1 is 1.00 bits per heavy atom. The molecule has 0 aliphatic rings. The van der Waals surface area contributed by atoms with Gasteiger partial charge in [-0.25, -0.2) is 0 Å². The standard InChI is InChI=1S/C9H22NP/c1-8(2)11(9(3)4)7-10(5)6/h8-9H,7H2,1-6H3/p+1. The summed E-state index contributed by atoms with van der Waals surface area (Å²) in [6.45, 7) is 9.42. The third-order valence-electron chi connectivity index (χ3n) is 1.83. The molecule has 0 bridgehead atoms. The lowest BCUT2D eigenvalue weighted by Crippen LogP contribution is -3.05. The highest BCUT2D eigenvalue weighted by molar-refractivity contribution is 7.58. The second kappa shape index (κ2) is 5.11. The Kier molecular flexibility index (Phi) is 5.29. The van der Waals surface area contributed by atoms with Crippen molar-refractivity contribution in [1.82, 2.24) is 0 Å². The van der Waals surface area contributed by atoms with Crippen LogP contribution in [-0.2, 0) is 0 Å². The molecule has 0 saturated heterocycles. The highest BCUT2D eigenvalue weighted by atomic mass is 31.1. The molecular weight excluding hydrogens is 153 g/mol. The van der Waals surface area contributed by atoms with Gasteiger partial charge in [-0.2, -0.15) is 0 Å². The van der Waals surface area contributed by atoms with E-state index in [0.717, 1.165) is 11.3 Å². The van der Waals surface area contributed by atoms with Crippen molar-refractivity contribution in [2.45, 2.75) is 39.0 Å². The minimum atomic E-state index is 0.245. The highest BCUT2D eigenvalue weighted by Gasteiger charge is 2.18. The molecule has 0 saturated carbocycles. The second-order valence-corrected chi connectivity index (χ2v) is 7.48. The second-order valence-electron chi connectivity index (χ2n) is 4.07. The maximum absolute atomic E-state index is 2.36. The number of quaternary nitrogens is 1. The smallest absolute Gasteiger partial charge is 0.0950 e. The molecule has 11 heavy (non-hydrogen) atoms. The molecule has 0 unspecified atom stereocenters. The quantitative estimate of drug-likeness (QED) is 0.617. The van der Waals surface area contributed by atoms with Gasteiger partial charge in [-0.3, -0.25) is 0 Å². The average Bonchev–Trinajstić information content (AvgIpc) is 1.81. The van der Waals surface area contributed by atoms with Crippen LogP contribution in [0.1, 0.15) is 27.7 Å². The number of hydrogen-bond acceptors (Lipinski definition) is 0. The Morgan fingerprint density at radius 3 is 1.45 bits per heavy atom. The van der Waals surface area contributed by atoms with E-state index in [1.165, 1.54) is 6.29 Å². The first-order valence-electron chi connectivity index (χ1n) is 4.50. The first kappa shape index (κ1) is 11.4. The van der Waals surface area contributed by atoms with Gasteiger partial charge in [-0.05, 0) is 19.2 Å². The van der Waals surface area contributed by atoms with Crippen molar-refractivity contribution in [3.05, 3.63) is 0 Å². The largest absolute Gasteiger partial charge is 0.336 e. The van der Waals surface area contributed by atoms with Gasteiger partial charge < -0.3 is 4.90 Å². The van der Waals surface area contributed by atoms with Crippen molar-refractivity contribution in [2.75, 3.05) is 20.4 Å². The van der Waals surface area contributed by atoms with Crippen LogP contribution in [0.3, 0.4) is 0 Å². The minimum absolute atomic E-state index is 0.245. The van der Waals surface area contributed by atoms with E-state index >= 15 is 0 Å². The number of rotatable bonds is 4. The van der Waals surface area contributed by atoms with Gasteiger partial charge in [0.25, 0.3) is 0 Å². The van der Waals surface area contributed by atoms with E-state index < -0.39 is 0 Å². The van der Waals surface area contributed by atoms with Gasteiger partial charge in [-0.15, -0.1) is 0 Å². The van der Waals surface area contributed by atoms with E-state index in [1.54, 1.807) is 4.90 Å². The molecule has 1 nitrogen and oxygen atoms in total. The van der Waals surface area contributed by atoms with Crippen LogP contribution in [0.5, 0.6) is 0 Å². The Hall–Kier alpha value is 0.390. The van der Waals surface area contributed by atoms with Crippen molar-refractivity contribution in [3.8, 4) is 0 Å². The van der Waals surface area contributed by atoms with Gasteiger partial charge in [0, 0.05) is 0 Å². The fourth-order valence-corrected chi connectivity index (χ4v) is 3.98. The van der Waals surface area contributed by atoms with Crippen LogP contribution in [0.4, 0.5) is 0 Å². The van der Waals surface area contributed by atoms with Crippen molar-refractivity contribution in [3.63, 3.8) is 0 Å². The lowest BCUT2D eigenvalue weighted by molar-refractivity contribution is -0.845. The third kappa shape index (κ3) is 4.76. The topological polar surface area (TPSA) is 4.44 Å². The summed E-state index contributed by atoms with van der Waals surface area (Å²) in [7, 11) is 4.75. The van der Waals surface area contributed by atoms with Crippen LogP contribution in [0.15, 0.2) is 0 Å². The van der Waals surface area contributed by atoms with Crippen LogP contribution < -0.4 is 4.90 Å². The summed E-state index contributed by atoms with van der Waals surface area (Å²) in [5.74, 6) is 0. The molecule has 0 rings (SSSR count). The average molecular weight is 176 g/mol. The van der Waals surface area contributed by atoms with Gasteiger partial charge in [0.2, 0.25) is 0 Å². The molecule has 0 atom stereocenters. The summed E-state index contributed by atoms with van der Waals surface area (Å²) in [6, 6.07) is 0. The molecule has 0 fully saturated rings. The summed E-state index contributed by atoms with van der Waals surface area (Å²) in [5, 5.41) is 0. The Morgan fingerprint density at radius 2 is 1.36 bits per heavy atom. The molecule has 0 aromatic heterocycles. The zero-order valence-corrected chi connectivity index (χ0v) is 9.70. The molecule has 0 amide bonds. The molecular formula is C9H23NP+. The maximum atomic E-state index is 2.36. The van der Waals surface area contributed by atoms with Gasteiger partial charge >= 0.3 is 0 Å². The maximum Gasteiger partial charge on any atom is 0.0950 e. The molecule has 0 spiro atoms. The SMILES string of the molecule is CC(C)P(C[NH+](C)C)C(C)C. The summed E-state index contributed by atoms with van der Waals surface area (Å²) in [5.41, 5.74) is 1.78. The summed E-state index contributed by atoms with van der Waals surface area (Å²) < 4.78 is 0. The predicted molar refractivity (Wildman–Crippen MR) is 54.9 cm³/mol. The normalized spacial score (nSPS) is 12.5. The first-order chi connectivity index (χ1) is 4.95. The Bertz CT molecular complexity index is 91.7. The Labute approximate surface area is 72.9 Å². The van der Waals surface area contributed by atoms with Gasteiger partial charge in [0.1, 0.15) is 0 Å². The van der Waals surface area contributed by atoms with Crippen molar-refractivity contribution in [2.24, 2.45) is 0 Å². The molecule has 1 N–H and O–H groups in total. The molecule has 0 aromatic carbocycles. The summed E-state index contributed by atoms with van der Waals surface area (Å²) in [4.78, 5) is 1.60. The van der Waals surface area contributed by atoms with Crippen molar-refractivity contribution < 1.29 is 4.90 Å². The van der Waals surface area contributed by atoms with Crippen LogP contribution in [0.2, 0.25) is 0 Å². The van der Waals surface area contributed by atoms with Crippen LogP contribution in [0, 0.1) is 0 Å². The molecule has 2 heteroatoms. The zero-order chi connectivity index (χ0) is 9.02. The van der Waals surface area contributed by atoms with E-state index in [2.05, 4.69) is 41.8 Å². The number of nitrogens with one attached hydrogen (secondary N) is 1. The highest BCUT2D eigenvalue weighted by Crippen LogP contribution is 2.43. The van der Waals surface area contributed by atoms with Crippen molar-refractivity contribution >= 4 is 7.92 Å². The zero-order valence-electron chi connectivity index (χ0n) is 8.81. The van der Waals surface area contributed by atoms with Gasteiger partial charge in [0.15, 0.2) is 0 Å². The first-order valence-corrected chi connectivity index (χ1v) is 6.16. The molecule has 0 aromatic rings. The van der Waals surface area contributed by atoms with Gasteiger partial charge in [-0.1, -0.05) is 27.7 Å². The molecule has 0 radical (unpaired) electrons. The monoisotopic (exact) mass is 176 g/mol. The summed E-state index contributed by atoms with van der Waals surface area (Å²) >= 11 is 0. The van der Waals surface area contributed by atoms with E-state index in [-0.39, 0.29) is 7.92 Å². The van der Waals surface area contributed by atoms with E-state index in [4.69, 9.17) is 0 Å². The molecule has 68 valence electrons. The molecule has 0 aliphatic carbocycles. The summed E-state index contributed by atoms with van der Waals surface area (Å²) in [6.07, 6.45) is 1.37. The fraction of sp³-hybridized carbons (Fsp3) is 1.00. The fourth-order valence-electron chi connectivity index (χ4n) is 1.33. The van der Waals surface area contributed by atoms with E-state index in [0.29, 0.717) is 0 Å². The van der Waals surface area contributed by atoms with Crippen LogP contribution in [-0.4, -0.2) is 31.7 Å². The lowest BCUT2D eigenvalue weighted by Gasteiger charge is -2.26. The third-order valence-corrected chi connectivity index (χ3v) is 5.48. The Balaban J connectivity index is 3.90. The predicted octanol–water partition coefficient (Wildman–Crippen LogP) is 1.39. The number of hydrogen-bond donors (Lipinski definition) is 1. The molecule has 0 aliphatic heterocycles. The minimum Gasteiger partial charge on any atom is -0.336 e. The molecule has 0 heterocycles. The lowest BCUT2D eigenvalue weighted by atomic mass is 10.5. The van der Waals surface area contributed by atoms with Crippen LogP contribution in [0.25, 0.3) is 0 Å². The van der Waals surface area contributed by atoms with E-state index in [1.807, 2.05) is 0 Å².